The predicted molar refractivity (Wildman–Crippen MR) is 74.9 cm³/mol. The first-order chi connectivity index (χ1) is 8.91. The third kappa shape index (κ3) is 4.91. The van der Waals surface area contributed by atoms with Crippen LogP contribution in [0, 0.1) is 0 Å². The van der Waals surface area contributed by atoms with Crippen molar-refractivity contribution in [2.75, 3.05) is 20.7 Å². The summed E-state index contributed by atoms with van der Waals surface area (Å²) in [6.45, 7) is 1.90. The Kier molecular flexibility index (Phi) is 5.83. The maximum absolute atomic E-state index is 11.3. The molecule has 1 rings (SSSR count). The number of carbonyl (C=O) groups excluding carboxylic acids is 2. The lowest BCUT2D eigenvalue weighted by molar-refractivity contribution is -0.128. The van der Waals surface area contributed by atoms with Gasteiger partial charge in [0.1, 0.15) is 5.75 Å². The summed E-state index contributed by atoms with van der Waals surface area (Å²) in [6, 6.07) is 4.94. The Labute approximate surface area is 118 Å². The Balaban J connectivity index is 2.46. The summed E-state index contributed by atoms with van der Waals surface area (Å²) in [7, 11) is 3.45. The van der Waals surface area contributed by atoms with E-state index in [4.69, 9.17) is 16.3 Å². The molecule has 0 heterocycles. The molecule has 4 nitrogen and oxygen atoms in total. The second-order valence-electron chi connectivity index (χ2n) is 4.44. The molecule has 104 valence electrons. The van der Waals surface area contributed by atoms with Crippen LogP contribution in [0.4, 0.5) is 0 Å². The molecule has 0 aliphatic carbocycles. The van der Waals surface area contributed by atoms with E-state index in [-0.39, 0.29) is 11.7 Å². The molecule has 19 heavy (non-hydrogen) atoms. The first kappa shape index (κ1) is 15.5. The average molecular weight is 284 g/mol. The summed E-state index contributed by atoms with van der Waals surface area (Å²) in [5, 5.41) is 0.409. The van der Waals surface area contributed by atoms with Gasteiger partial charge in [-0.05, 0) is 31.5 Å². The van der Waals surface area contributed by atoms with Gasteiger partial charge in [-0.1, -0.05) is 11.6 Å². The maximum atomic E-state index is 11.3. The molecule has 0 bridgehead atoms. The van der Waals surface area contributed by atoms with Crippen molar-refractivity contribution >= 4 is 23.3 Å². The summed E-state index contributed by atoms with van der Waals surface area (Å²) in [5.74, 6) is 0.565. The van der Waals surface area contributed by atoms with E-state index < -0.39 is 0 Å². The van der Waals surface area contributed by atoms with Crippen LogP contribution in [0.15, 0.2) is 18.2 Å². The Morgan fingerprint density at radius 1 is 1.32 bits per heavy atom. The van der Waals surface area contributed by atoms with Gasteiger partial charge >= 0.3 is 0 Å². The zero-order valence-electron chi connectivity index (χ0n) is 11.4. The van der Waals surface area contributed by atoms with Crippen LogP contribution in [-0.4, -0.2) is 37.3 Å². The fourth-order valence-electron chi connectivity index (χ4n) is 1.47. The van der Waals surface area contributed by atoms with Gasteiger partial charge in [-0.15, -0.1) is 0 Å². The number of halogens is 1. The molecule has 0 spiro atoms. The van der Waals surface area contributed by atoms with Gasteiger partial charge in [-0.25, -0.2) is 0 Å². The molecule has 1 aromatic carbocycles. The molecule has 5 heteroatoms. The standard InChI is InChI=1S/C14H18ClNO3/c1-10(17)11-6-7-13(12(15)9-11)19-8-4-5-14(18)16(2)3/h6-7,9H,4-5,8H2,1-3H3. The van der Waals surface area contributed by atoms with Gasteiger partial charge in [0, 0.05) is 26.1 Å². The number of nitrogens with zero attached hydrogens (tertiary/aromatic N) is 1. The summed E-state index contributed by atoms with van der Waals surface area (Å²) >= 11 is 6.01. The number of ether oxygens (including phenoxy) is 1. The van der Waals surface area contributed by atoms with Crippen molar-refractivity contribution in [1.82, 2.24) is 4.90 Å². The van der Waals surface area contributed by atoms with Gasteiger partial charge in [-0.2, -0.15) is 0 Å². The number of hydrogen-bond acceptors (Lipinski definition) is 3. The first-order valence-corrected chi connectivity index (χ1v) is 6.43. The van der Waals surface area contributed by atoms with Gasteiger partial charge in [0.25, 0.3) is 0 Å². The van der Waals surface area contributed by atoms with Gasteiger partial charge in [0.2, 0.25) is 5.91 Å². The average Bonchev–Trinajstić information content (AvgIpc) is 2.35. The molecule has 1 aromatic rings. The van der Waals surface area contributed by atoms with E-state index in [2.05, 4.69) is 0 Å². The highest BCUT2D eigenvalue weighted by atomic mass is 35.5. The number of carbonyl (C=O) groups is 2. The van der Waals surface area contributed by atoms with Crippen LogP contribution in [0.25, 0.3) is 0 Å². The monoisotopic (exact) mass is 283 g/mol. The van der Waals surface area contributed by atoms with Gasteiger partial charge in [0.05, 0.1) is 11.6 Å². The number of benzene rings is 1. The van der Waals surface area contributed by atoms with Crippen molar-refractivity contribution in [3.63, 3.8) is 0 Å². The van der Waals surface area contributed by atoms with Crippen molar-refractivity contribution in [2.45, 2.75) is 19.8 Å². The number of ketones is 1. The molecule has 0 unspecified atom stereocenters. The van der Waals surface area contributed by atoms with E-state index in [0.29, 0.717) is 35.8 Å². The highest BCUT2D eigenvalue weighted by Gasteiger charge is 2.07. The molecule has 0 N–H and O–H groups in total. The second kappa shape index (κ2) is 7.14. The summed E-state index contributed by atoms with van der Waals surface area (Å²) in [4.78, 5) is 24.1. The Morgan fingerprint density at radius 3 is 2.53 bits per heavy atom. The van der Waals surface area contributed by atoms with Gasteiger partial charge < -0.3 is 9.64 Å². The summed E-state index contributed by atoms with van der Waals surface area (Å²) in [5.41, 5.74) is 0.556. The van der Waals surface area contributed by atoms with E-state index in [9.17, 15) is 9.59 Å². The topological polar surface area (TPSA) is 46.6 Å². The molecular weight excluding hydrogens is 266 g/mol. The minimum Gasteiger partial charge on any atom is -0.492 e. The zero-order valence-corrected chi connectivity index (χ0v) is 12.2. The lowest BCUT2D eigenvalue weighted by Gasteiger charge is -2.11. The van der Waals surface area contributed by atoms with Gasteiger partial charge in [-0.3, -0.25) is 9.59 Å². The van der Waals surface area contributed by atoms with Crippen LogP contribution >= 0.6 is 11.6 Å². The van der Waals surface area contributed by atoms with E-state index in [1.54, 1.807) is 37.2 Å². The Bertz CT molecular complexity index is 472. The minimum atomic E-state index is -0.0370. The lowest BCUT2D eigenvalue weighted by Crippen LogP contribution is -2.21. The fraction of sp³-hybridized carbons (Fsp3) is 0.429. The SMILES string of the molecule is CC(=O)c1ccc(OCCCC(=O)N(C)C)c(Cl)c1. The molecule has 0 atom stereocenters. The number of Topliss-reactive ketones (excluding diaryl/α,β-unsaturated/α-hetero) is 1. The highest BCUT2D eigenvalue weighted by molar-refractivity contribution is 6.32. The number of hydrogen-bond donors (Lipinski definition) is 0. The summed E-state index contributed by atoms with van der Waals surface area (Å²) in [6.07, 6.45) is 1.07. The maximum Gasteiger partial charge on any atom is 0.222 e. The third-order valence-electron chi connectivity index (χ3n) is 2.63. The van der Waals surface area contributed by atoms with E-state index >= 15 is 0 Å². The van der Waals surface area contributed by atoms with Crippen molar-refractivity contribution in [3.8, 4) is 5.75 Å². The molecular formula is C14H18ClNO3. The van der Waals surface area contributed by atoms with Crippen molar-refractivity contribution in [3.05, 3.63) is 28.8 Å². The normalized spacial score (nSPS) is 10.1. The second-order valence-corrected chi connectivity index (χ2v) is 4.85. The van der Waals surface area contributed by atoms with Crippen LogP contribution in [0.5, 0.6) is 5.75 Å². The van der Waals surface area contributed by atoms with Crippen LogP contribution in [0.1, 0.15) is 30.1 Å². The third-order valence-corrected chi connectivity index (χ3v) is 2.93. The van der Waals surface area contributed by atoms with Crippen molar-refractivity contribution < 1.29 is 14.3 Å². The molecule has 0 aromatic heterocycles. The predicted octanol–water partition coefficient (Wildman–Crippen LogP) is 2.79. The fourth-order valence-corrected chi connectivity index (χ4v) is 1.70. The number of amides is 1. The van der Waals surface area contributed by atoms with Crippen LogP contribution in [0.3, 0.4) is 0 Å². The first-order valence-electron chi connectivity index (χ1n) is 6.05. The molecule has 0 aliphatic rings. The van der Waals surface area contributed by atoms with Crippen LogP contribution < -0.4 is 4.74 Å². The van der Waals surface area contributed by atoms with Crippen molar-refractivity contribution in [1.29, 1.82) is 0 Å². The van der Waals surface area contributed by atoms with Gasteiger partial charge in [0.15, 0.2) is 5.78 Å². The Hall–Kier alpha value is -1.55. The molecule has 0 aliphatic heterocycles. The smallest absolute Gasteiger partial charge is 0.222 e. The van der Waals surface area contributed by atoms with Crippen molar-refractivity contribution in [2.24, 2.45) is 0 Å². The molecule has 0 radical (unpaired) electrons. The van der Waals surface area contributed by atoms with Crippen LogP contribution in [-0.2, 0) is 4.79 Å². The number of rotatable bonds is 6. The van der Waals surface area contributed by atoms with E-state index in [1.807, 2.05) is 0 Å². The Morgan fingerprint density at radius 2 is 2.00 bits per heavy atom. The highest BCUT2D eigenvalue weighted by Crippen LogP contribution is 2.25. The lowest BCUT2D eigenvalue weighted by atomic mass is 10.1. The van der Waals surface area contributed by atoms with E-state index in [1.165, 1.54) is 6.92 Å². The van der Waals surface area contributed by atoms with E-state index in [0.717, 1.165) is 0 Å². The molecule has 0 fully saturated rings. The van der Waals surface area contributed by atoms with Crippen LogP contribution in [0.2, 0.25) is 5.02 Å². The molecule has 0 saturated heterocycles. The minimum absolute atomic E-state index is 0.0370. The largest absolute Gasteiger partial charge is 0.492 e. The quantitative estimate of drug-likeness (QED) is 0.596. The molecule has 0 saturated carbocycles. The zero-order chi connectivity index (χ0) is 14.4. The summed E-state index contributed by atoms with van der Waals surface area (Å²) < 4.78 is 5.49. The molecule has 1 amide bonds.